The molecule has 1 fully saturated rings. The summed E-state index contributed by atoms with van der Waals surface area (Å²) >= 11 is 6.06. The quantitative estimate of drug-likeness (QED) is 0.720. The zero-order chi connectivity index (χ0) is 22.1. The SMILES string of the molecule is Cc1cc(Cl)ccc1N1C(=O)C(c2ccc(F)cc2)=C(N2CCN(CCO)CC2)C1=O. The van der Waals surface area contributed by atoms with Gasteiger partial charge in [0.15, 0.2) is 0 Å². The highest BCUT2D eigenvalue weighted by molar-refractivity contribution is 6.45. The maximum Gasteiger partial charge on any atom is 0.282 e. The van der Waals surface area contributed by atoms with Crippen LogP contribution in [-0.2, 0) is 9.59 Å². The van der Waals surface area contributed by atoms with Crippen LogP contribution in [0.1, 0.15) is 11.1 Å². The van der Waals surface area contributed by atoms with Gasteiger partial charge in [0.1, 0.15) is 11.5 Å². The number of aryl methyl sites for hydroxylation is 1. The van der Waals surface area contributed by atoms with E-state index in [0.29, 0.717) is 60.3 Å². The summed E-state index contributed by atoms with van der Waals surface area (Å²) in [6, 6.07) is 10.6. The van der Waals surface area contributed by atoms with Gasteiger partial charge in [0, 0.05) is 37.7 Å². The molecule has 2 aliphatic rings. The average Bonchev–Trinajstić information content (AvgIpc) is 3.00. The zero-order valence-corrected chi connectivity index (χ0v) is 17.9. The highest BCUT2D eigenvalue weighted by atomic mass is 35.5. The molecule has 0 radical (unpaired) electrons. The highest BCUT2D eigenvalue weighted by Gasteiger charge is 2.43. The van der Waals surface area contributed by atoms with Crippen molar-refractivity contribution in [3.05, 3.63) is 70.1 Å². The fourth-order valence-electron chi connectivity index (χ4n) is 4.11. The number of carbonyl (C=O) groups excluding carboxylic acids is 2. The largest absolute Gasteiger partial charge is 0.395 e. The van der Waals surface area contributed by atoms with Crippen molar-refractivity contribution in [3.63, 3.8) is 0 Å². The van der Waals surface area contributed by atoms with Crippen molar-refractivity contribution in [1.82, 2.24) is 9.80 Å². The smallest absolute Gasteiger partial charge is 0.282 e. The van der Waals surface area contributed by atoms with E-state index >= 15 is 0 Å². The van der Waals surface area contributed by atoms with E-state index in [1.165, 1.54) is 29.2 Å². The van der Waals surface area contributed by atoms with Crippen LogP contribution in [0.25, 0.3) is 5.57 Å². The molecule has 0 saturated carbocycles. The molecule has 2 amide bonds. The second-order valence-electron chi connectivity index (χ2n) is 7.66. The Morgan fingerprint density at radius 2 is 1.68 bits per heavy atom. The number of hydrogen-bond donors (Lipinski definition) is 1. The van der Waals surface area contributed by atoms with Crippen molar-refractivity contribution < 1.29 is 19.1 Å². The first kappa shape index (κ1) is 21.5. The molecule has 31 heavy (non-hydrogen) atoms. The van der Waals surface area contributed by atoms with Gasteiger partial charge in [0.25, 0.3) is 11.8 Å². The van der Waals surface area contributed by atoms with Crippen molar-refractivity contribution in [2.75, 3.05) is 44.2 Å². The fraction of sp³-hybridized carbons (Fsp3) is 0.304. The van der Waals surface area contributed by atoms with Crippen LogP contribution < -0.4 is 4.90 Å². The van der Waals surface area contributed by atoms with E-state index in [0.717, 1.165) is 0 Å². The number of piperazine rings is 1. The van der Waals surface area contributed by atoms with Gasteiger partial charge in [-0.15, -0.1) is 0 Å². The second kappa shape index (κ2) is 8.78. The highest BCUT2D eigenvalue weighted by Crippen LogP contribution is 2.37. The number of nitrogens with zero attached hydrogens (tertiary/aromatic N) is 3. The summed E-state index contributed by atoms with van der Waals surface area (Å²) in [4.78, 5) is 32.3. The molecular formula is C23H23ClFN3O3. The minimum atomic E-state index is -0.435. The minimum Gasteiger partial charge on any atom is -0.395 e. The third kappa shape index (κ3) is 4.08. The summed E-state index contributed by atoms with van der Waals surface area (Å²) < 4.78 is 13.5. The standard InChI is InChI=1S/C23H23ClFN3O3/c1-15-14-17(24)4-7-19(15)28-22(30)20(16-2-5-18(25)6-3-16)21(23(28)31)27-10-8-26(9-11-27)12-13-29/h2-7,14,29H,8-13H2,1H3. The Morgan fingerprint density at radius 1 is 1.00 bits per heavy atom. The first-order valence-corrected chi connectivity index (χ1v) is 10.5. The lowest BCUT2D eigenvalue weighted by Crippen LogP contribution is -2.48. The number of rotatable bonds is 5. The van der Waals surface area contributed by atoms with Crippen molar-refractivity contribution in [1.29, 1.82) is 0 Å². The number of aliphatic hydroxyl groups is 1. The maximum atomic E-state index is 13.6. The molecule has 2 aromatic rings. The molecule has 0 aliphatic carbocycles. The van der Waals surface area contributed by atoms with E-state index in [2.05, 4.69) is 4.90 Å². The van der Waals surface area contributed by atoms with Gasteiger partial charge in [-0.3, -0.25) is 14.5 Å². The molecule has 0 spiro atoms. The molecule has 2 heterocycles. The lowest BCUT2D eigenvalue weighted by molar-refractivity contribution is -0.120. The van der Waals surface area contributed by atoms with Crippen molar-refractivity contribution in [2.45, 2.75) is 6.92 Å². The van der Waals surface area contributed by atoms with Crippen LogP contribution in [0.15, 0.2) is 48.2 Å². The molecular weight excluding hydrogens is 421 g/mol. The Hall–Kier alpha value is -2.74. The van der Waals surface area contributed by atoms with Gasteiger partial charge in [0.05, 0.1) is 17.9 Å². The van der Waals surface area contributed by atoms with E-state index < -0.39 is 17.6 Å². The number of amides is 2. The normalized spacial score (nSPS) is 17.8. The molecule has 1 N–H and O–H groups in total. The van der Waals surface area contributed by atoms with Crippen LogP contribution in [0.5, 0.6) is 0 Å². The number of anilines is 1. The predicted octanol–water partition coefficient (Wildman–Crippen LogP) is 2.68. The number of benzene rings is 2. The van der Waals surface area contributed by atoms with E-state index in [1.54, 1.807) is 25.1 Å². The zero-order valence-electron chi connectivity index (χ0n) is 17.1. The molecule has 1 saturated heterocycles. The fourth-order valence-corrected chi connectivity index (χ4v) is 4.34. The van der Waals surface area contributed by atoms with Crippen LogP contribution in [0.4, 0.5) is 10.1 Å². The minimum absolute atomic E-state index is 0.0740. The lowest BCUT2D eigenvalue weighted by Gasteiger charge is -2.36. The van der Waals surface area contributed by atoms with Crippen LogP contribution in [-0.4, -0.2) is 66.1 Å². The molecule has 0 unspecified atom stereocenters. The Morgan fingerprint density at radius 3 is 2.29 bits per heavy atom. The van der Waals surface area contributed by atoms with E-state index in [9.17, 15) is 19.1 Å². The number of β-amino-alcohol motifs (C(OH)–C–C–N with tert-alkyl or cyclic N) is 1. The summed E-state index contributed by atoms with van der Waals surface area (Å²) in [6.45, 7) is 4.87. The monoisotopic (exact) mass is 443 g/mol. The Kier molecular flexibility index (Phi) is 6.09. The van der Waals surface area contributed by atoms with Gasteiger partial charge in [-0.2, -0.15) is 0 Å². The van der Waals surface area contributed by atoms with Crippen molar-refractivity contribution >= 4 is 34.7 Å². The molecule has 8 heteroatoms. The third-order valence-corrected chi connectivity index (χ3v) is 5.93. The van der Waals surface area contributed by atoms with Gasteiger partial charge < -0.3 is 10.0 Å². The summed E-state index contributed by atoms with van der Waals surface area (Å²) in [5.74, 6) is -1.24. The van der Waals surface area contributed by atoms with Gasteiger partial charge in [-0.1, -0.05) is 23.7 Å². The molecule has 0 atom stereocenters. The summed E-state index contributed by atoms with van der Waals surface area (Å²) in [6.07, 6.45) is 0. The van der Waals surface area contributed by atoms with E-state index in [-0.39, 0.29) is 12.2 Å². The van der Waals surface area contributed by atoms with E-state index in [1.807, 2.05) is 4.90 Å². The van der Waals surface area contributed by atoms with Crippen LogP contribution >= 0.6 is 11.6 Å². The maximum absolute atomic E-state index is 13.6. The summed E-state index contributed by atoms with van der Waals surface area (Å²) in [5.41, 5.74) is 2.29. The van der Waals surface area contributed by atoms with Crippen molar-refractivity contribution in [2.24, 2.45) is 0 Å². The van der Waals surface area contributed by atoms with Crippen LogP contribution in [0, 0.1) is 12.7 Å². The first-order valence-electron chi connectivity index (χ1n) is 10.1. The number of aliphatic hydroxyl groups excluding tert-OH is 1. The molecule has 0 aromatic heterocycles. The second-order valence-corrected chi connectivity index (χ2v) is 8.10. The van der Waals surface area contributed by atoms with Gasteiger partial charge in [-0.05, 0) is 48.4 Å². The Labute approximate surface area is 185 Å². The van der Waals surface area contributed by atoms with Crippen molar-refractivity contribution in [3.8, 4) is 0 Å². The number of imide groups is 1. The number of halogens is 2. The summed E-state index contributed by atoms with van der Waals surface area (Å²) in [5, 5.41) is 9.70. The lowest BCUT2D eigenvalue weighted by atomic mass is 10.0. The molecule has 2 aromatic carbocycles. The van der Waals surface area contributed by atoms with Gasteiger partial charge in [-0.25, -0.2) is 9.29 Å². The topological polar surface area (TPSA) is 64.1 Å². The average molecular weight is 444 g/mol. The molecule has 2 aliphatic heterocycles. The summed E-state index contributed by atoms with van der Waals surface area (Å²) in [7, 11) is 0. The van der Waals surface area contributed by atoms with Crippen LogP contribution in [0.3, 0.4) is 0 Å². The molecule has 162 valence electrons. The molecule has 6 nitrogen and oxygen atoms in total. The third-order valence-electron chi connectivity index (χ3n) is 5.70. The number of carbonyl (C=O) groups is 2. The predicted molar refractivity (Wildman–Crippen MR) is 117 cm³/mol. The van der Waals surface area contributed by atoms with E-state index in [4.69, 9.17) is 11.6 Å². The Bertz CT molecular complexity index is 1050. The Balaban J connectivity index is 1.75. The van der Waals surface area contributed by atoms with Gasteiger partial charge >= 0.3 is 0 Å². The van der Waals surface area contributed by atoms with Gasteiger partial charge in [0.2, 0.25) is 0 Å². The van der Waals surface area contributed by atoms with Crippen LogP contribution in [0.2, 0.25) is 5.02 Å². The first-order chi connectivity index (χ1) is 14.9. The molecule has 0 bridgehead atoms. The number of hydrogen-bond acceptors (Lipinski definition) is 5. The molecule has 4 rings (SSSR count).